The quantitative estimate of drug-likeness (QED) is 0.130. The first-order valence-electron chi connectivity index (χ1n) is 16.3. The highest BCUT2D eigenvalue weighted by Gasteiger charge is 2.31. The van der Waals surface area contributed by atoms with E-state index in [0.717, 1.165) is 34.2 Å². The van der Waals surface area contributed by atoms with Gasteiger partial charge in [0.15, 0.2) is 0 Å². The molecule has 7 rings (SSSR count). The van der Waals surface area contributed by atoms with E-state index in [-0.39, 0.29) is 37.4 Å². The summed E-state index contributed by atoms with van der Waals surface area (Å²) >= 11 is 2.74. The summed E-state index contributed by atoms with van der Waals surface area (Å²) in [6, 6.07) is 15.8. The Kier molecular flexibility index (Phi) is 10.1. The van der Waals surface area contributed by atoms with E-state index in [9.17, 15) is 27.6 Å². The van der Waals surface area contributed by atoms with E-state index >= 15 is 0 Å². The molecule has 6 aromatic rings. The maximum atomic E-state index is 13.3. The van der Waals surface area contributed by atoms with Crippen LogP contribution in [0, 0.1) is 0 Å². The van der Waals surface area contributed by atoms with Gasteiger partial charge in [0.2, 0.25) is 5.91 Å². The third-order valence-electron chi connectivity index (χ3n) is 8.43. The third kappa shape index (κ3) is 8.02. The van der Waals surface area contributed by atoms with E-state index in [1.54, 1.807) is 47.9 Å². The maximum absolute atomic E-state index is 13.3. The molecule has 0 radical (unpaired) electrons. The summed E-state index contributed by atoms with van der Waals surface area (Å²) in [5.74, 6) is 0.634. The van der Waals surface area contributed by atoms with Crippen molar-refractivity contribution in [2.24, 2.45) is 0 Å². The molecule has 4 aromatic heterocycles. The van der Waals surface area contributed by atoms with Crippen LogP contribution in [-0.4, -0.2) is 74.3 Å². The van der Waals surface area contributed by atoms with Gasteiger partial charge in [0.25, 0.3) is 5.56 Å². The lowest BCUT2D eigenvalue weighted by Gasteiger charge is -2.35. The molecule has 2 aromatic carbocycles. The second-order valence-electron chi connectivity index (χ2n) is 11.9. The van der Waals surface area contributed by atoms with E-state index < -0.39 is 23.3 Å². The van der Waals surface area contributed by atoms with Crippen molar-refractivity contribution in [3.05, 3.63) is 116 Å². The number of piperazine rings is 1. The van der Waals surface area contributed by atoms with Crippen molar-refractivity contribution in [1.29, 1.82) is 0 Å². The van der Waals surface area contributed by atoms with Crippen LogP contribution >= 0.6 is 22.7 Å². The van der Waals surface area contributed by atoms with Crippen molar-refractivity contribution in [2.75, 3.05) is 37.7 Å². The Hall–Kier alpha value is -5.48. The fourth-order valence-electron chi connectivity index (χ4n) is 5.82. The number of hydrogen-bond acceptors (Lipinski definition) is 11. The van der Waals surface area contributed by atoms with E-state index in [1.807, 2.05) is 34.6 Å². The Morgan fingerprint density at radius 1 is 0.962 bits per heavy atom. The molecule has 5 heterocycles. The molecule has 0 atom stereocenters. The minimum atomic E-state index is -4.50. The first-order chi connectivity index (χ1) is 25.1. The number of amides is 1. The Morgan fingerprint density at radius 2 is 1.77 bits per heavy atom. The van der Waals surface area contributed by atoms with Crippen LogP contribution < -0.4 is 10.5 Å². The minimum Gasteiger partial charge on any atom is -0.465 e. The monoisotopic (exact) mass is 745 g/mol. The highest BCUT2D eigenvalue weighted by atomic mass is 32.1. The number of benzene rings is 2. The predicted molar refractivity (Wildman–Crippen MR) is 192 cm³/mol. The second kappa shape index (κ2) is 15.0. The molecule has 0 bridgehead atoms. The molecule has 0 spiro atoms. The molecule has 16 heteroatoms. The molecule has 1 aliphatic rings. The van der Waals surface area contributed by atoms with Crippen molar-refractivity contribution in [3.8, 4) is 0 Å². The van der Waals surface area contributed by atoms with Gasteiger partial charge in [-0.25, -0.2) is 19.6 Å². The Balaban J connectivity index is 0.965. The van der Waals surface area contributed by atoms with Crippen molar-refractivity contribution in [1.82, 2.24) is 29.6 Å². The zero-order valence-electron chi connectivity index (χ0n) is 27.5. The number of esters is 1. The summed E-state index contributed by atoms with van der Waals surface area (Å²) in [7, 11) is 0. The summed E-state index contributed by atoms with van der Waals surface area (Å²) in [5.41, 5.74) is -0.730. The minimum absolute atomic E-state index is 0.0182. The molecular formula is C36H30F3N7O4S2. The lowest BCUT2D eigenvalue weighted by molar-refractivity contribution is -0.143. The number of ether oxygens (including phenoxy) is 1. The molecular weight excluding hydrogens is 716 g/mol. The van der Waals surface area contributed by atoms with Gasteiger partial charge < -0.3 is 14.5 Å². The zero-order valence-corrected chi connectivity index (χ0v) is 29.1. The number of fused-ring (bicyclic) bond motifs is 2. The largest absolute Gasteiger partial charge is 0.465 e. The molecule has 1 aliphatic heterocycles. The van der Waals surface area contributed by atoms with Crippen molar-refractivity contribution in [2.45, 2.75) is 25.6 Å². The number of nitrogens with zero attached hydrogens (tertiary/aromatic N) is 7. The summed E-state index contributed by atoms with van der Waals surface area (Å²) in [6.45, 7) is 2.28. The zero-order chi connectivity index (χ0) is 36.2. The van der Waals surface area contributed by atoms with Gasteiger partial charge in [0.05, 0.1) is 46.4 Å². The lowest BCUT2D eigenvalue weighted by Crippen LogP contribution is -2.48. The number of carbonyl (C=O) groups excluding carboxylic acids is 2. The molecule has 1 amide bonds. The fourth-order valence-corrected chi connectivity index (χ4v) is 7.37. The number of aromatic nitrogens is 5. The molecule has 52 heavy (non-hydrogen) atoms. The summed E-state index contributed by atoms with van der Waals surface area (Å²) in [4.78, 5) is 57.2. The number of hydrogen-bond donors (Lipinski definition) is 0. The first-order valence-corrected chi connectivity index (χ1v) is 18.0. The number of anilines is 1. The van der Waals surface area contributed by atoms with Crippen LogP contribution in [0.15, 0.2) is 83.1 Å². The molecule has 1 fully saturated rings. The predicted octanol–water partition coefficient (Wildman–Crippen LogP) is 5.62. The standard InChI is InChI=1S/C36H30F3N7O4S2/c37-36(38,39)23-7-9-29-28(20-23)41-32(52-29)22-46-35(49)26-6-2-1-5-25(26)27(43-46)21-34(48)50-18-12-30-40-13-11-31(42-30)44-14-16-45(17-15-44)33(47)10-8-24-4-3-19-51-24/h1-11,13,19-20H,12,14-18,21-22H2/b10-8+. The third-order valence-corrected chi connectivity index (χ3v) is 10.3. The van der Waals surface area contributed by atoms with Gasteiger partial charge in [0, 0.05) is 55.1 Å². The first kappa shape index (κ1) is 34.9. The van der Waals surface area contributed by atoms with Gasteiger partial charge in [-0.15, -0.1) is 22.7 Å². The summed E-state index contributed by atoms with van der Waals surface area (Å²) in [6.07, 6.45) is 0.632. The van der Waals surface area contributed by atoms with Crippen molar-refractivity contribution < 1.29 is 27.5 Å². The van der Waals surface area contributed by atoms with Crippen LogP contribution in [-0.2, 0) is 39.9 Å². The van der Waals surface area contributed by atoms with Crippen LogP contribution in [0.5, 0.6) is 0 Å². The fraction of sp³-hybridized carbons (Fsp3) is 0.250. The second-order valence-corrected chi connectivity index (χ2v) is 14.0. The number of rotatable bonds is 10. The molecule has 0 aliphatic carbocycles. The Labute approximate surface area is 302 Å². The molecule has 0 N–H and O–H groups in total. The molecule has 266 valence electrons. The maximum Gasteiger partial charge on any atom is 0.416 e. The number of thiophene rings is 1. The van der Waals surface area contributed by atoms with E-state index in [4.69, 9.17) is 4.74 Å². The van der Waals surface area contributed by atoms with E-state index in [1.165, 1.54) is 10.7 Å². The summed E-state index contributed by atoms with van der Waals surface area (Å²) in [5, 5.41) is 7.66. The average molecular weight is 746 g/mol. The normalized spacial score (nSPS) is 13.8. The van der Waals surface area contributed by atoms with E-state index in [0.29, 0.717) is 58.2 Å². The summed E-state index contributed by atoms with van der Waals surface area (Å²) < 4.78 is 46.9. The number of halogens is 3. The lowest BCUT2D eigenvalue weighted by atomic mass is 10.1. The Bertz CT molecular complexity index is 2330. The molecule has 11 nitrogen and oxygen atoms in total. The number of thiazole rings is 1. The van der Waals surface area contributed by atoms with Crippen LogP contribution in [0.4, 0.5) is 19.0 Å². The highest BCUT2D eigenvalue weighted by molar-refractivity contribution is 7.18. The van der Waals surface area contributed by atoms with Gasteiger partial charge in [-0.1, -0.05) is 24.3 Å². The highest BCUT2D eigenvalue weighted by Crippen LogP contribution is 2.33. The van der Waals surface area contributed by atoms with Crippen molar-refractivity contribution in [3.63, 3.8) is 0 Å². The van der Waals surface area contributed by atoms with Gasteiger partial charge >= 0.3 is 12.1 Å². The van der Waals surface area contributed by atoms with E-state index in [2.05, 4.69) is 25.0 Å². The Morgan fingerprint density at radius 3 is 2.54 bits per heavy atom. The average Bonchev–Trinajstić information content (AvgIpc) is 3.82. The molecule has 0 unspecified atom stereocenters. The van der Waals surface area contributed by atoms with Crippen LogP contribution in [0.25, 0.3) is 27.1 Å². The van der Waals surface area contributed by atoms with Gasteiger partial charge in [-0.2, -0.15) is 18.3 Å². The molecule has 0 saturated carbocycles. The van der Waals surface area contributed by atoms with Crippen LogP contribution in [0.1, 0.15) is 27.0 Å². The van der Waals surface area contributed by atoms with Gasteiger partial charge in [-0.3, -0.25) is 14.4 Å². The van der Waals surface area contributed by atoms with Crippen LogP contribution in [0.3, 0.4) is 0 Å². The van der Waals surface area contributed by atoms with Crippen LogP contribution in [0.2, 0.25) is 0 Å². The number of alkyl halides is 3. The topological polar surface area (TPSA) is 123 Å². The van der Waals surface area contributed by atoms with Gasteiger partial charge in [-0.05, 0) is 47.9 Å². The van der Waals surface area contributed by atoms with Gasteiger partial charge in [0.1, 0.15) is 16.6 Å². The smallest absolute Gasteiger partial charge is 0.416 e. The molecule has 1 saturated heterocycles. The number of carbonyl (C=O) groups is 2. The SMILES string of the molecule is O=C(Cc1nn(Cc2nc3cc(C(F)(F)F)ccc3s2)c(=O)c2ccccc12)OCCc1nccc(N2CCN(C(=O)/C=C/c3cccs3)CC2)n1. The van der Waals surface area contributed by atoms with Crippen molar-refractivity contribution >= 4 is 67.4 Å².